The first kappa shape index (κ1) is 31.0. The fourth-order valence-corrected chi connectivity index (χ4v) is 7.04. The Morgan fingerprint density at radius 3 is 2.40 bits per heavy atom. The molecule has 9 heteroatoms. The lowest BCUT2D eigenvalue weighted by molar-refractivity contribution is -0.134. The zero-order chi connectivity index (χ0) is 31.8. The lowest BCUT2D eigenvalue weighted by atomic mass is 9.85. The molecule has 8 nitrogen and oxygen atoms in total. The Morgan fingerprint density at radius 1 is 0.978 bits per heavy atom. The molecule has 3 aliphatic rings. The number of nitrogens with zero attached hydrogens (tertiary/aromatic N) is 4. The maximum absolute atomic E-state index is 14.3. The van der Waals surface area contributed by atoms with Crippen molar-refractivity contribution in [2.24, 2.45) is 0 Å². The van der Waals surface area contributed by atoms with E-state index in [1.807, 2.05) is 49.9 Å². The Balaban J connectivity index is 1.16. The fraction of sp³-hybridized carbons (Fsp3) is 0.444. The number of piperidine rings is 1. The molecule has 3 aromatic carbocycles. The zero-order valence-corrected chi connectivity index (χ0v) is 26.4. The molecule has 3 heterocycles. The second-order valence-corrected chi connectivity index (χ2v) is 13.4. The molecular formula is C36H43FN4O4. The van der Waals surface area contributed by atoms with Gasteiger partial charge in [-0.15, -0.1) is 0 Å². The van der Waals surface area contributed by atoms with Gasteiger partial charge in [0.05, 0.1) is 12.2 Å². The fourth-order valence-electron chi connectivity index (χ4n) is 7.04. The number of hydrogen-bond acceptors (Lipinski definition) is 7. The van der Waals surface area contributed by atoms with Crippen molar-refractivity contribution >= 4 is 23.3 Å². The Hall–Kier alpha value is -3.95. The number of esters is 1. The molecule has 1 spiro atoms. The molecule has 0 aromatic heterocycles. The van der Waals surface area contributed by atoms with Gasteiger partial charge in [-0.05, 0) is 94.1 Å². The van der Waals surface area contributed by atoms with E-state index < -0.39 is 23.3 Å². The summed E-state index contributed by atoms with van der Waals surface area (Å²) in [6, 6.07) is 21.8. The summed E-state index contributed by atoms with van der Waals surface area (Å²) >= 11 is 0. The number of hydrogen-bond donors (Lipinski definition) is 1. The number of fused-ring (bicyclic) bond motifs is 1. The second-order valence-electron chi connectivity index (χ2n) is 13.4. The normalized spacial score (nSPS) is 19.8. The molecule has 1 N–H and O–H groups in total. The van der Waals surface area contributed by atoms with Gasteiger partial charge < -0.3 is 29.4 Å². The molecule has 2 saturated heterocycles. The highest BCUT2D eigenvalue weighted by Gasteiger charge is 2.53. The Bertz CT molecular complexity index is 1530. The van der Waals surface area contributed by atoms with Gasteiger partial charge in [0.1, 0.15) is 23.2 Å². The van der Waals surface area contributed by atoms with Crippen LogP contribution in [-0.4, -0.2) is 77.0 Å². The number of para-hydroxylation sites is 1. The molecule has 0 saturated carbocycles. The van der Waals surface area contributed by atoms with Gasteiger partial charge >= 0.3 is 5.97 Å². The first-order valence-corrected chi connectivity index (χ1v) is 15.9. The lowest BCUT2D eigenvalue weighted by Crippen LogP contribution is -2.56. The highest BCUT2D eigenvalue weighted by molar-refractivity contribution is 5.94. The van der Waals surface area contributed by atoms with E-state index in [0.29, 0.717) is 31.5 Å². The predicted molar refractivity (Wildman–Crippen MR) is 172 cm³/mol. The standard InChI is InChI=1S/C36H43FN4O4/c1-35(2,3)45-33(43)30-11-6-4-10-27(30)24-39-25-41(29-15-13-28(37)14-16-29)36(34(39)44)17-21-38(22-18-36)19-8-20-40-31-12-7-5-9-26(31)23-32(40)42/h4-7,9-16,32,42H,8,17-25H2,1-3H3. The van der Waals surface area contributed by atoms with E-state index in [4.69, 9.17) is 4.74 Å². The van der Waals surface area contributed by atoms with E-state index >= 15 is 0 Å². The van der Waals surface area contributed by atoms with Gasteiger partial charge in [-0.2, -0.15) is 0 Å². The number of amides is 1. The molecule has 1 atom stereocenters. The number of carbonyl (C=O) groups is 2. The summed E-state index contributed by atoms with van der Waals surface area (Å²) in [4.78, 5) is 35.8. The summed E-state index contributed by atoms with van der Waals surface area (Å²) in [6.07, 6.45) is 2.36. The summed E-state index contributed by atoms with van der Waals surface area (Å²) < 4.78 is 19.6. The molecule has 3 aliphatic heterocycles. The smallest absolute Gasteiger partial charge is 0.338 e. The van der Waals surface area contributed by atoms with Crippen molar-refractivity contribution in [2.75, 3.05) is 42.6 Å². The average Bonchev–Trinajstić information content (AvgIpc) is 3.46. The van der Waals surface area contributed by atoms with E-state index in [1.54, 1.807) is 24.3 Å². The minimum absolute atomic E-state index is 0.0299. The quantitative estimate of drug-likeness (QED) is 0.350. The SMILES string of the molecule is CC(C)(C)OC(=O)c1ccccc1CN1CN(c2ccc(F)cc2)C2(CCN(CCCN3c4ccccc4CC3O)CC2)C1=O. The third-order valence-corrected chi connectivity index (χ3v) is 9.27. The second kappa shape index (κ2) is 12.4. The van der Waals surface area contributed by atoms with Crippen LogP contribution in [0.2, 0.25) is 0 Å². The third-order valence-electron chi connectivity index (χ3n) is 9.27. The molecular weight excluding hydrogens is 571 g/mol. The van der Waals surface area contributed by atoms with E-state index in [0.717, 1.165) is 49.5 Å². The molecule has 45 heavy (non-hydrogen) atoms. The lowest BCUT2D eigenvalue weighted by Gasteiger charge is -2.43. The third kappa shape index (κ3) is 6.42. The number of anilines is 2. The van der Waals surface area contributed by atoms with E-state index in [1.165, 1.54) is 17.7 Å². The van der Waals surface area contributed by atoms with Crippen LogP contribution < -0.4 is 9.80 Å². The maximum atomic E-state index is 14.3. The average molecular weight is 615 g/mol. The summed E-state index contributed by atoms with van der Waals surface area (Å²) in [7, 11) is 0. The highest BCUT2D eigenvalue weighted by Crippen LogP contribution is 2.40. The molecule has 1 amide bonds. The monoisotopic (exact) mass is 614 g/mol. The molecule has 238 valence electrons. The number of ether oxygens (including phenoxy) is 1. The number of halogens is 1. The first-order chi connectivity index (χ1) is 21.5. The van der Waals surface area contributed by atoms with Gasteiger partial charge in [0, 0.05) is 44.0 Å². The van der Waals surface area contributed by atoms with Crippen LogP contribution in [0.15, 0.2) is 72.8 Å². The molecule has 6 rings (SSSR count). The van der Waals surface area contributed by atoms with E-state index in [-0.39, 0.29) is 18.3 Å². The van der Waals surface area contributed by atoms with Crippen LogP contribution >= 0.6 is 0 Å². The van der Waals surface area contributed by atoms with Crippen molar-refractivity contribution in [3.63, 3.8) is 0 Å². The topological polar surface area (TPSA) is 76.6 Å². The van der Waals surface area contributed by atoms with Crippen LogP contribution in [0.1, 0.15) is 61.5 Å². The maximum Gasteiger partial charge on any atom is 0.338 e. The van der Waals surface area contributed by atoms with Crippen LogP contribution in [0.25, 0.3) is 0 Å². The minimum Gasteiger partial charge on any atom is -0.456 e. The Kier molecular flexibility index (Phi) is 8.59. The van der Waals surface area contributed by atoms with Gasteiger partial charge in [-0.25, -0.2) is 9.18 Å². The largest absolute Gasteiger partial charge is 0.456 e. The molecule has 2 fully saturated rings. The van der Waals surface area contributed by atoms with Gasteiger partial charge in [-0.1, -0.05) is 36.4 Å². The van der Waals surface area contributed by atoms with Gasteiger partial charge in [0.2, 0.25) is 5.91 Å². The predicted octanol–water partition coefficient (Wildman–Crippen LogP) is 5.19. The molecule has 1 unspecified atom stereocenters. The van der Waals surface area contributed by atoms with E-state index in [9.17, 15) is 19.1 Å². The van der Waals surface area contributed by atoms with Crippen molar-refractivity contribution in [3.05, 3.63) is 95.3 Å². The number of carbonyl (C=O) groups excluding carboxylic acids is 2. The highest BCUT2D eigenvalue weighted by atomic mass is 19.1. The number of likely N-dealkylation sites (tertiary alicyclic amines) is 1. The van der Waals surface area contributed by atoms with Crippen LogP contribution in [-0.2, 0) is 22.5 Å². The zero-order valence-electron chi connectivity index (χ0n) is 26.4. The number of benzene rings is 3. The first-order valence-electron chi connectivity index (χ1n) is 15.9. The van der Waals surface area contributed by atoms with E-state index in [2.05, 4.69) is 26.8 Å². The summed E-state index contributed by atoms with van der Waals surface area (Å²) in [5.41, 5.74) is 2.91. The van der Waals surface area contributed by atoms with Crippen molar-refractivity contribution in [2.45, 2.75) is 70.4 Å². The van der Waals surface area contributed by atoms with Crippen molar-refractivity contribution in [1.29, 1.82) is 0 Å². The molecule has 0 radical (unpaired) electrons. The van der Waals surface area contributed by atoms with Crippen molar-refractivity contribution < 1.29 is 23.8 Å². The minimum atomic E-state index is -0.751. The number of aliphatic hydroxyl groups is 1. The molecule has 3 aromatic rings. The Labute approximate surface area is 265 Å². The van der Waals surface area contributed by atoms with Crippen LogP contribution in [0.5, 0.6) is 0 Å². The Morgan fingerprint density at radius 2 is 1.67 bits per heavy atom. The summed E-state index contributed by atoms with van der Waals surface area (Å²) in [6.45, 7) is 9.28. The van der Waals surface area contributed by atoms with Crippen molar-refractivity contribution in [3.8, 4) is 0 Å². The summed E-state index contributed by atoms with van der Waals surface area (Å²) in [5, 5.41) is 10.6. The van der Waals surface area contributed by atoms with Crippen LogP contribution in [0.4, 0.5) is 15.8 Å². The molecule has 0 bridgehead atoms. The van der Waals surface area contributed by atoms with Gasteiger partial charge in [-0.3, -0.25) is 4.79 Å². The molecule has 0 aliphatic carbocycles. The summed E-state index contributed by atoms with van der Waals surface area (Å²) in [5.74, 6) is -0.697. The van der Waals surface area contributed by atoms with Crippen LogP contribution in [0, 0.1) is 5.82 Å². The number of rotatable bonds is 8. The van der Waals surface area contributed by atoms with Gasteiger partial charge in [0.25, 0.3) is 0 Å². The number of aliphatic hydroxyl groups excluding tert-OH is 1. The van der Waals surface area contributed by atoms with Crippen molar-refractivity contribution in [1.82, 2.24) is 9.80 Å². The van der Waals surface area contributed by atoms with Gasteiger partial charge in [0.15, 0.2) is 0 Å². The van der Waals surface area contributed by atoms with Crippen LogP contribution in [0.3, 0.4) is 0 Å².